The maximum atomic E-state index is 13.0. The monoisotopic (exact) mass is 392 g/mol. The molecule has 0 aromatic heterocycles. The number of carboxylic acid groups (broad SMARTS) is 1. The third-order valence-electron chi connectivity index (χ3n) is 9.52. The van der Waals surface area contributed by atoms with Gasteiger partial charge in [-0.25, -0.2) is 0 Å². The molecule has 0 bridgehead atoms. The Hall–Kier alpha value is -1.90. The van der Waals surface area contributed by atoms with Crippen molar-refractivity contribution in [3.8, 4) is 0 Å². The van der Waals surface area contributed by atoms with E-state index in [0.717, 1.165) is 50.5 Å². The summed E-state index contributed by atoms with van der Waals surface area (Å²) in [5.74, 6) is 1.17. The van der Waals surface area contributed by atoms with Crippen LogP contribution in [0.2, 0.25) is 0 Å². The molecule has 1 N–H and O–H groups in total. The van der Waals surface area contributed by atoms with Crippen LogP contribution in [0.1, 0.15) is 70.3 Å². The van der Waals surface area contributed by atoms with Gasteiger partial charge in [-0.3, -0.25) is 9.59 Å². The van der Waals surface area contributed by atoms with Crippen LogP contribution in [-0.2, 0) is 9.59 Å². The lowest BCUT2D eigenvalue weighted by atomic mass is 9.46. The van der Waals surface area contributed by atoms with Crippen molar-refractivity contribution >= 4 is 11.8 Å². The predicted molar refractivity (Wildman–Crippen MR) is 112 cm³/mol. The smallest absolute Gasteiger partial charge is 0.307 e. The number of hydrogen-bond donors (Lipinski definition) is 1. The van der Waals surface area contributed by atoms with Crippen molar-refractivity contribution in [2.24, 2.45) is 34.5 Å². The zero-order valence-corrected chi connectivity index (χ0v) is 17.6. The van der Waals surface area contributed by atoms with Crippen LogP contribution in [-0.4, -0.2) is 16.9 Å². The summed E-state index contributed by atoms with van der Waals surface area (Å²) in [7, 11) is 0. The Morgan fingerprint density at radius 2 is 1.79 bits per heavy atom. The highest BCUT2D eigenvalue weighted by molar-refractivity contribution is 5.97. The minimum atomic E-state index is -0.594. The fourth-order valence-corrected chi connectivity index (χ4v) is 8.02. The highest BCUT2D eigenvalue weighted by atomic mass is 16.4. The Bertz CT molecular complexity index is 871. The summed E-state index contributed by atoms with van der Waals surface area (Å²) in [5, 5.41) is 9.79. The number of carbonyl (C=O) groups excluding carboxylic acids is 1. The molecule has 3 saturated carbocycles. The Kier molecular flexibility index (Phi) is 4.31. The second-order valence-electron chi connectivity index (χ2n) is 10.6. The first-order valence-corrected chi connectivity index (χ1v) is 11.4. The van der Waals surface area contributed by atoms with Crippen molar-refractivity contribution in [2.45, 2.75) is 64.7 Å². The van der Waals surface area contributed by atoms with Crippen LogP contribution in [0.15, 0.2) is 42.0 Å². The number of aliphatic carboxylic acids is 1. The fraction of sp³-hybridized carbons (Fsp3) is 0.615. The van der Waals surface area contributed by atoms with E-state index in [0.29, 0.717) is 17.8 Å². The van der Waals surface area contributed by atoms with Crippen LogP contribution in [0.25, 0.3) is 0 Å². The lowest BCUT2D eigenvalue weighted by Gasteiger charge is -2.58. The van der Waals surface area contributed by atoms with Gasteiger partial charge in [0.2, 0.25) is 0 Å². The van der Waals surface area contributed by atoms with Crippen molar-refractivity contribution in [1.82, 2.24) is 0 Å². The number of fused-ring (bicyclic) bond motifs is 5. The van der Waals surface area contributed by atoms with E-state index in [1.54, 1.807) is 0 Å². The number of hydrogen-bond acceptors (Lipinski definition) is 2. The molecule has 29 heavy (non-hydrogen) atoms. The summed E-state index contributed by atoms with van der Waals surface area (Å²) >= 11 is 0. The summed E-state index contributed by atoms with van der Waals surface area (Å²) < 4.78 is 0. The maximum Gasteiger partial charge on any atom is 0.307 e. The molecule has 5 rings (SSSR count). The number of benzene rings is 1. The molecule has 1 unspecified atom stereocenters. The lowest BCUT2D eigenvalue weighted by Crippen LogP contribution is -2.51. The number of allylic oxidation sites excluding steroid dienone is 1. The molecule has 3 fully saturated rings. The minimum absolute atomic E-state index is 0.0349. The van der Waals surface area contributed by atoms with Gasteiger partial charge in [0.25, 0.3) is 0 Å². The number of carboxylic acids is 1. The zero-order valence-electron chi connectivity index (χ0n) is 17.6. The first-order chi connectivity index (χ1) is 13.8. The van der Waals surface area contributed by atoms with Crippen molar-refractivity contribution in [3.05, 3.63) is 47.5 Å². The van der Waals surface area contributed by atoms with Crippen LogP contribution in [0.3, 0.4) is 0 Å². The lowest BCUT2D eigenvalue weighted by molar-refractivity contribution is -0.149. The van der Waals surface area contributed by atoms with Crippen molar-refractivity contribution < 1.29 is 14.7 Å². The first kappa shape index (κ1) is 19.1. The van der Waals surface area contributed by atoms with Crippen molar-refractivity contribution in [1.29, 1.82) is 0 Å². The molecule has 4 aliphatic carbocycles. The third-order valence-corrected chi connectivity index (χ3v) is 9.52. The van der Waals surface area contributed by atoms with Crippen molar-refractivity contribution in [3.63, 3.8) is 0 Å². The topological polar surface area (TPSA) is 54.4 Å². The molecular weight excluding hydrogens is 360 g/mol. The second-order valence-corrected chi connectivity index (χ2v) is 10.6. The Morgan fingerprint density at radius 3 is 2.52 bits per heavy atom. The van der Waals surface area contributed by atoms with Gasteiger partial charge in [-0.15, -0.1) is 0 Å². The molecule has 3 heteroatoms. The van der Waals surface area contributed by atoms with E-state index in [1.165, 1.54) is 5.57 Å². The van der Waals surface area contributed by atoms with E-state index in [2.05, 4.69) is 26.0 Å². The standard InChI is InChI=1S/C26H32O3/c1-25-13-12-21-18(20(25)10-11-22(25)24(28)29)9-8-17-14-23(27)19(15-26(17,21)2)16-6-4-3-5-7-16/h3-7,14,18-22H,8-13,15H2,1-2H3,(H,28,29)/t18-,19?,20-,21-,22+,25-,26-/m0/s1. The summed E-state index contributed by atoms with van der Waals surface area (Å²) in [6.07, 6.45) is 9.05. The zero-order chi connectivity index (χ0) is 20.4. The van der Waals surface area contributed by atoms with E-state index < -0.39 is 5.97 Å². The highest BCUT2D eigenvalue weighted by Crippen LogP contribution is 2.67. The van der Waals surface area contributed by atoms with E-state index >= 15 is 0 Å². The van der Waals surface area contributed by atoms with Crippen LogP contribution in [0.5, 0.6) is 0 Å². The molecule has 154 valence electrons. The Morgan fingerprint density at radius 1 is 1.03 bits per heavy atom. The van der Waals surface area contributed by atoms with Crippen LogP contribution >= 0.6 is 0 Å². The highest BCUT2D eigenvalue weighted by Gasteiger charge is 2.60. The number of rotatable bonds is 2. The molecule has 1 aromatic rings. The van der Waals surface area contributed by atoms with Crippen molar-refractivity contribution in [2.75, 3.05) is 0 Å². The molecule has 0 heterocycles. The molecule has 0 saturated heterocycles. The summed E-state index contributed by atoms with van der Waals surface area (Å²) in [6, 6.07) is 10.3. The molecular formula is C26H32O3. The van der Waals surface area contributed by atoms with Crippen LogP contribution < -0.4 is 0 Å². The van der Waals surface area contributed by atoms with E-state index in [-0.39, 0.29) is 28.4 Å². The summed E-state index contributed by atoms with van der Waals surface area (Å²) in [4.78, 5) is 24.9. The molecule has 0 radical (unpaired) electrons. The second kappa shape index (κ2) is 6.55. The molecule has 4 aliphatic rings. The predicted octanol–water partition coefficient (Wildman–Crippen LogP) is 5.61. The van der Waals surface area contributed by atoms with Gasteiger partial charge in [-0.2, -0.15) is 0 Å². The molecule has 0 spiro atoms. The van der Waals surface area contributed by atoms with Gasteiger partial charge in [0.15, 0.2) is 5.78 Å². The van der Waals surface area contributed by atoms with Crippen LogP contribution in [0, 0.1) is 34.5 Å². The largest absolute Gasteiger partial charge is 0.481 e. The average Bonchev–Trinajstić information content (AvgIpc) is 3.06. The van der Waals surface area contributed by atoms with Gasteiger partial charge in [-0.05, 0) is 85.2 Å². The Labute approximate surface area is 173 Å². The minimum Gasteiger partial charge on any atom is -0.481 e. The third kappa shape index (κ3) is 2.69. The van der Waals surface area contributed by atoms with Crippen LogP contribution in [0.4, 0.5) is 0 Å². The average molecular weight is 393 g/mol. The van der Waals surface area contributed by atoms with Gasteiger partial charge in [0.05, 0.1) is 5.92 Å². The number of carbonyl (C=O) groups is 2. The molecule has 1 aromatic carbocycles. The first-order valence-electron chi connectivity index (χ1n) is 11.4. The van der Waals surface area contributed by atoms with Gasteiger partial charge in [-0.1, -0.05) is 49.8 Å². The fourth-order valence-electron chi connectivity index (χ4n) is 8.02. The van der Waals surface area contributed by atoms with E-state index in [1.807, 2.05) is 24.3 Å². The summed E-state index contributed by atoms with van der Waals surface area (Å²) in [5.41, 5.74) is 2.53. The summed E-state index contributed by atoms with van der Waals surface area (Å²) in [6.45, 7) is 4.66. The Balaban J connectivity index is 1.48. The maximum absolute atomic E-state index is 13.0. The number of ketones is 1. The quantitative estimate of drug-likeness (QED) is 0.711. The van der Waals surface area contributed by atoms with Gasteiger partial charge < -0.3 is 5.11 Å². The molecule has 0 amide bonds. The molecule has 0 aliphatic heterocycles. The SMILES string of the molecule is C[C@]12CC[C@H]3[C@@H](CCC4=CC(=O)C(c5ccccc5)C[C@@]43C)[C@@H]1CC[C@@H]2C(=O)O. The van der Waals surface area contributed by atoms with Gasteiger partial charge in [0, 0.05) is 5.92 Å². The normalized spacial score (nSPS) is 43.7. The van der Waals surface area contributed by atoms with E-state index in [4.69, 9.17) is 0 Å². The molecule has 3 nitrogen and oxygen atoms in total. The molecule has 7 atom stereocenters. The van der Waals surface area contributed by atoms with E-state index in [9.17, 15) is 14.7 Å². The van der Waals surface area contributed by atoms with Gasteiger partial charge >= 0.3 is 5.97 Å². The van der Waals surface area contributed by atoms with Gasteiger partial charge in [0.1, 0.15) is 0 Å².